The molecule has 1 aromatic heterocycles. The van der Waals surface area contributed by atoms with Gasteiger partial charge in [-0.2, -0.15) is 0 Å². The molecule has 0 radical (unpaired) electrons. The Bertz CT molecular complexity index is 1160. The second-order valence-electron chi connectivity index (χ2n) is 7.61. The number of carbonyl (C=O) groups excluding carboxylic acids is 1. The summed E-state index contributed by atoms with van der Waals surface area (Å²) in [5, 5.41) is 21.9. The fourth-order valence-electron chi connectivity index (χ4n) is 3.63. The third-order valence-corrected chi connectivity index (χ3v) is 6.16. The SMILES string of the molecule is C=CCN1CCN(c2ccccc2NC(=O)CSc2nnc(-c3ccc([N+](=O)[O-])cc3)o2)CC1. The van der Waals surface area contributed by atoms with E-state index < -0.39 is 4.92 Å². The van der Waals surface area contributed by atoms with Gasteiger partial charge in [0.05, 0.1) is 22.1 Å². The number of carbonyl (C=O) groups is 1. The normalized spacial score (nSPS) is 14.1. The molecule has 1 amide bonds. The van der Waals surface area contributed by atoms with Crippen LogP contribution in [0.4, 0.5) is 17.1 Å². The maximum absolute atomic E-state index is 12.6. The minimum atomic E-state index is -0.474. The van der Waals surface area contributed by atoms with Gasteiger partial charge in [-0.3, -0.25) is 19.8 Å². The molecule has 3 aromatic rings. The first-order chi connectivity index (χ1) is 16.5. The van der Waals surface area contributed by atoms with Gasteiger partial charge >= 0.3 is 0 Å². The number of thioether (sulfide) groups is 1. The van der Waals surface area contributed by atoms with Gasteiger partial charge in [0.2, 0.25) is 11.8 Å². The molecule has 1 aliphatic heterocycles. The number of para-hydroxylation sites is 2. The van der Waals surface area contributed by atoms with Gasteiger partial charge in [0.25, 0.3) is 10.9 Å². The van der Waals surface area contributed by atoms with Crippen LogP contribution in [0.25, 0.3) is 11.5 Å². The molecule has 176 valence electrons. The summed E-state index contributed by atoms with van der Waals surface area (Å²) in [5.41, 5.74) is 2.31. The topological polar surface area (TPSA) is 118 Å². The zero-order valence-electron chi connectivity index (χ0n) is 18.4. The molecule has 2 aromatic carbocycles. The molecule has 0 unspecified atom stereocenters. The Balaban J connectivity index is 1.33. The molecule has 4 rings (SSSR count). The zero-order valence-corrected chi connectivity index (χ0v) is 19.2. The van der Waals surface area contributed by atoms with Crippen molar-refractivity contribution in [2.24, 2.45) is 0 Å². The van der Waals surface area contributed by atoms with Crippen molar-refractivity contribution in [3.05, 3.63) is 71.3 Å². The highest BCUT2D eigenvalue weighted by atomic mass is 32.2. The molecule has 1 aliphatic rings. The Morgan fingerprint density at radius 1 is 1.15 bits per heavy atom. The van der Waals surface area contributed by atoms with Gasteiger partial charge in [-0.1, -0.05) is 30.0 Å². The lowest BCUT2D eigenvalue weighted by atomic mass is 10.2. The van der Waals surface area contributed by atoms with E-state index >= 15 is 0 Å². The van der Waals surface area contributed by atoms with Crippen molar-refractivity contribution in [2.45, 2.75) is 5.22 Å². The van der Waals surface area contributed by atoms with Crippen LogP contribution in [0.1, 0.15) is 0 Å². The number of non-ortho nitro benzene ring substituents is 1. The van der Waals surface area contributed by atoms with E-state index in [0.29, 0.717) is 5.56 Å². The predicted molar refractivity (Wildman–Crippen MR) is 131 cm³/mol. The molecular weight excluding hydrogens is 456 g/mol. The van der Waals surface area contributed by atoms with Gasteiger partial charge in [-0.15, -0.1) is 16.8 Å². The van der Waals surface area contributed by atoms with Crippen molar-refractivity contribution < 1.29 is 14.1 Å². The predicted octanol–water partition coefficient (Wildman–Crippen LogP) is 3.68. The average Bonchev–Trinajstić information content (AvgIpc) is 3.33. The monoisotopic (exact) mass is 480 g/mol. The van der Waals surface area contributed by atoms with E-state index in [0.717, 1.165) is 55.9 Å². The molecule has 34 heavy (non-hydrogen) atoms. The van der Waals surface area contributed by atoms with Gasteiger partial charge in [-0.05, 0) is 24.3 Å². The summed E-state index contributed by atoms with van der Waals surface area (Å²) < 4.78 is 5.59. The molecule has 1 saturated heterocycles. The molecule has 0 aliphatic carbocycles. The number of hydrogen-bond donors (Lipinski definition) is 1. The van der Waals surface area contributed by atoms with Crippen LogP contribution in [0.5, 0.6) is 0 Å². The van der Waals surface area contributed by atoms with Crippen LogP contribution in [0.15, 0.2) is 70.8 Å². The van der Waals surface area contributed by atoms with E-state index in [1.165, 1.54) is 12.1 Å². The van der Waals surface area contributed by atoms with Crippen molar-refractivity contribution >= 4 is 34.7 Å². The second-order valence-corrected chi connectivity index (χ2v) is 8.53. The number of nitrogens with zero attached hydrogens (tertiary/aromatic N) is 5. The van der Waals surface area contributed by atoms with Gasteiger partial charge in [0.15, 0.2) is 0 Å². The molecule has 0 bridgehead atoms. The number of amides is 1. The van der Waals surface area contributed by atoms with E-state index in [-0.39, 0.29) is 28.5 Å². The number of nitro groups is 1. The highest BCUT2D eigenvalue weighted by Crippen LogP contribution is 2.28. The lowest BCUT2D eigenvalue weighted by Crippen LogP contribution is -2.46. The summed E-state index contributed by atoms with van der Waals surface area (Å²) in [7, 11) is 0. The number of hydrogen-bond acceptors (Lipinski definition) is 9. The van der Waals surface area contributed by atoms with E-state index in [1.807, 2.05) is 30.3 Å². The summed E-state index contributed by atoms with van der Waals surface area (Å²) in [6.07, 6.45) is 1.92. The largest absolute Gasteiger partial charge is 0.411 e. The van der Waals surface area contributed by atoms with Gasteiger partial charge in [-0.25, -0.2) is 0 Å². The van der Waals surface area contributed by atoms with Crippen molar-refractivity contribution in [1.82, 2.24) is 15.1 Å². The third-order valence-electron chi connectivity index (χ3n) is 5.34. The highest BCUT2D eigenvalue weighted by Gasteiger charge is 2.19. The number of aromatic nitrogens is 2. The van der Waals surface area contributed by atoms with E-state index in [1.54, 1.807) is 12.1 Å². The summed E-state index contributed by atoms with van der Waals surface area (Å²) in [6.45, 7) is 8.32. The van der Waals surface area contributed by atoms with Crippen LogP contribution in [0.3, 0.4) is 0 Å². The minimum absolute atomic E-state index is 0.0199. The van der Waals surface area contributed by atoms with Gasteiger partial charge in [0.1, 0.15) is 0 Å². The Morgan fingerprint density at radius 3 is 2.59 bits per heavy atom. The molecule has 1 fully saturated rings. The first-order valence-corrected chi connectivity index (χ1v) is 11.7. The maximum Gasteiger partial charge on any atom is 0.277 e. The summed E-state index contributed by atoms with van der Waals surface area (Å²) >= 11 is 1.13. The molecule has 2 heterocycles. The van der Waals surface area contributed by atoms with Crippen molar-refractivity contribution in [3.63, 3.8) is 0 Å². The lowest BCUT2D eigenvalue weighted by Gasteiger charge is -2.36. The minimum Gasteiger partial charge on any atom is -0.411 e. The highest BCUT2D eigenvalue weighted by molar-refractivity contribution is 7.99. The van der Waals surface area contributed by atoms with Crippen LogP contribution in [0.2, 0.25) is 0 Å². The molecule has 1 N–H and O–H groups in total. The molecule has 11 heteroatoms. The number of nitro benzene ring substituents is 1. The third kappa shape index (κ3) is 5.80. The quantitative estimate of drug-likeness (QED) is 0.212. The van der Waals surface area contributed by atoms with Gasteiger partial charge < -0.3 is 14.6 Å². The fourth-order valence-corrected chi connectivity index (χ4v) is 4.20. The summed E-state index contributed by atoms with van der Waals surface area (Å²) in [4.78, 5) is 27.5. The lowest BCUT2D eigenvalue weighted by molar-refractivity contribution is -0.384. The molecule has 10 nitrogen and oxygen atoms in total. The standard InChI is InChI=1S/C23H24N6O4S/c1-2-11-27-12-14-28(15-13-27)20-6-4-3-5-19(20)24-21(30)16-34-23-26-25-22(33-23)17-7-9-18(10-8-17)29(31)32/h2-10H,1,11-16H2,(H,24,30). The molecular formula is C23H24N6O4S. The van der Waals surface area contributed by atoms with Gasteiger partial charge in [0, 0.05) is 50.4 Å². The zero-order chi connectivity index (χ0) is 23.9. The Morgan fingerprint density at radius 2 is 1.88 bits per heavy atom. The summed E-state index contributed by atoms with van der Waals surface area (Å²) in [6, 6.07) is 13.6. The van der Waals surface area contributed by atoms with Crippen LogP contribution in [0, 0.1) is 10.1 Å². The van der Waals surface area contributed by atoms with Crippen LogP contribution < -0.4 is 10.2 Å². The first kappa shape index (κ1) is 23.5. The number of rotatable bonds is 9. The molecule has 0 saturated carbocycles. The van der Waals surface area contributed by atoms with Crippen LogP contribution >= 0.6 is 11.8 Å². The number of benzene rings is 2. The smallest absolute Gasteiger partial charge is 0.277 e. The van der Waals surface area contributed by atoms with E-state index in [9.17, 15) is 14.9 Å². The number of anilines is 2. The number of nitrogens with one attached hydrogen (secondary N) is 1. The Hall–Kier alpha value is -3.70. The van der Waals surface area contributed by atoms with Crippen LogP contribution in [-0.2, 0) is 4.79 Å². The van der Waals surface area contributed by atoms with Crippen molar-refractivity contribution in [3.8, 4) is 11.5 Å². The number of piperazine rings is 1. The second kappa shape index (κ2) is 10.9. The molecule has 0 spiro atoms. The fraction of sp³-hybridized carbons (Fsp3) is 0.261. The van der Waals surface area contributed by atoms with Crippen molar-refractivity contribution in [2.75, 3.05) is 48.7 Å². The summed E-state index contributed by atoms with van der Waals surface area (Å²) in [5.74, 6) is 0.153. The maximum atomic E-state index is 12.6. The van der Waals surface area contributed by atoms with Crippen LogP contribution in [-0.4, -0.2) is 64.4 Å². The van der Waals surface area contributed by atoms with E-state index in [2.05, 4.69) is 31.9 Å². The van der Waals surface area contributed by atoms with E-state index in [4.69, 9.17) is 4.42 Å². The Kier molecular flexibility index (Phi) is 7.55. The first-order valence-electron chi connectivity index (χ1n) is 10.7. The van der Waals surface area contributed by atoms with Crippen molar-refractivity contribution in [1.29, 1.82) is 0 Å². The average molecular weight is 481 g/mol. The molecule has 0 atom stereocenters. The Labute approximate surface area is 200 Å².